The first kappa shape index (κ1) is 12.9. The van der Waals surface area contributed by atoms with Crippen LogP contribution >= 0.6 is 12.2 Å². The van der Waals surface area contributed by atoms with Gasteiger partial charge in [-0.15, -0.1) is 5.10 Å². The molecule has 7 nitrogen and oxygen atoms in total. The number of aromatic nitrogens is 3. The smallest absolute Gasteiger partial charge is 0.218 e. The van der Waals surface area contributed by atoms with Gasteiger partial charge in [0, 0.05) is 13.5 Å². The van der Waals surface area contributed by atoms with Crippen molar-refractivity contribution in [2.24, 2.45) is 7.05 Å². The second-order valence-electron chi connectivity index (χ2n) is 5.16. The fourth-order valence-electron chi connectivity index (χ4n) is 2.76. The van der Waals surface area contributed by atoms with Crippen LogP contribution in [0.25, 0.3) is 11.6 Å². The van der Waals surface area contributed by atoms with E-state index in [1.54, 1.807) is 21.6 Å². The summed E-state index contributed by atoms with van der Waals surface area (Å²) in [6.45, 7) is 0.384. The van der Waals surface area contributed by atoms with Crippen molar-refractivity contribution in [3.05, 3.63) is 23.2 Å². The van der Waals surface area contributed by atoms with Crippen LogP contribution in [0, 0.1) is 4.77 Å². The Labute approximate surface area is 125 Å². The van der Waals surface area contributed by atoms with Gasteiger partial charge in [-0.3, -0.25) is 4.79 Å². The standard InChI is InChI=1S/C13H13N3O4S/c1-15-11(9-3-2-4-18-9)14-16(13(15)21)7-5-8(17)12-19-6-10(7)20-12/h2-4,7,10,12H,5-6H2,1H3/t7-,10+,12-/m0/s1. The maximum atomic E-state index is 11.9. The molecule has 0 unspecified atom stereocenters. The number of fused-ring (bicyclic) bond motifs is 2. The van der Waals surface area contributed by atoms with Gasteiger partial charge in [0.25, 0.3) is 0 Å². The molecule has 0 saturated carbocycles. The third-order valence-corrected chi connectivity index (χ3v) is 4.33. The first-order chi connectivity index (χ1) is 10.1. The zero-order valence-corrected chi connectivity index (χ0v) is 12.1. The molecule has 21 heavy (non-hydrogen) atoms. The van der Waals surface area contributed by atoms with Crippen molar-refractivity contribution in [1.29, 1.82) is 0 Å². The van der Waals surface area contributed by atoms with Crippen molar-refractivity contribution >= 4 is 18.0 Å². The Bertz CT molecular complexity index is 748. The molecule has 110 valence electrons. The Hall–Kier alpha value is -1.77. The first-order valence-electron chi connectivity index (χ1n) is 6.64. The van der Waals surface area contributed by atoms with Gasteiger partial charge < -0.3 is 18.5 Å². The molecule has 3 atom stereocenters. The molecular formula is C13H13N3O4S. The maximum Gasteiger partial charge on any atom is 0.218 e. The van der Waals surface area contributed by atoms with E-state index in [2.05, 4.69) is 5.10 Å². The van der Waals surface area contributed by atoms with Crippen LogP contribution in [0.1, 0.15) is 12.5 Å². The molecule has 2 bridgehead atoms. The van der Waals surface area contributed by atoms with Crippen molar-refractivity contribution in [2.45, 2.75) is 24.9 Å². The van der Waals surface area contributed by atoms with Crippen molar-refractivity contribution in [3.8, 4) is 11.6 Å². The lowest BCUT2D eigenvalue weighted by atomic mass is 10.0. The van der Waals surface area contributed by atoms with E-state index in [-0.39, 0.29) is 17.9 Å². The predicted molar refractivity (Wildman–Crippen MR) is 73.0 cm³/mol. The zero-order chi connectivity index (χ0) is 14.6. The molecule has 0 aromatic carbocycles. The van der Waals surface area contributed by atoms with Crippen molar-refractivity contribution in [2.75, 3.05) is 6.61 Å². The Balaban J connectivity index is 1.77. The van der Waals surface area contributed by atoms with E-state index in [0.717, 1.165) is 0 Å². The zero-order valence-electron chi connectivity index (χ0n) is 11.3. The Morgan fingerprint density at radius 2 is 2.33 bits per heavy atom. The van der Waals surface area contributed by atoms with Gasteiger partial charge in [0.15, 0.2) is 22.1 Å². The summed E-state index contributed by atoms with van der Waals surface area (Å²) in [7, 11) is 1.82. The highest BCUT2D eigenvalue weighted by Gasteiger charge is 2.45. The average Bonchev–Trinajstić information content (AvgIpc) is 3.18. The second-order valence-corrected chi connectivity index (χ2v) is 5.53. The van der Waals surface area contributed by atoms with Gasteiger partial charge in [-0.05, 0) is 24.4 Å². The van der Waals surface area contributed by atoms with Gasteiger partial charge in [-0.2, -0.15) is 0 Å². The summed E-state index contributed by atoms with van der Waals surface area (Å²) in [6, 6.07) is 3.37. The van der Waals surface area contributed by atoms with Gasteiger partial charge in [-0.1, -0.05) is 0 Å². The van der Waals surface area contributed by atoms with Gasteiger partial charge in [0.2, 0.25) is 6.29 Å². The van der Waals surface area contributed by atoms with Crippen LogP contribution < -0.4 is 0 Å². The van der Waals surface area contributed by atoms with Crippen LogP contribution in [-0.2, 0) is 21.3 Å². The third-order valence-electron chi connectivity index (χ3n) is 3.87. The van der Waals surface area contributed by atoms with Crippen LogP contribution in [0.5, 0.6) is 0 Å². The van der Waals surface area contributed by atoms with E-state index in [0.29, 0.717) is 29.4 Å². The number of hydrogen-bond acceptors (Lipinski definition) is 6. The molecule has 0 aliphatic carbocycles. The number of Topliss-reactive ketones (excluding diaryl/α,β-unsaturated/α-hetero) is 1. The molecule has 8 heteroatoms. The molecule has 2 aliphatic rings. The summed E-state index contributed by atoms with van der Waals surface area (Å²) in [6.07, 6.45) is 0.991. The molecule has 0 radical (unpaired) electrons. The molecule has 0 N–H and O–H groups in total. The summed E-state index contributed by atoms with van der Waals surface area (Å²) in [5.41, 5.74) is 0. The van der Waals surface area contributed by atoms with Crippen molar-refractivity contribution in [1.82, 2.24) is 14.3 Å². The summed E-state index contributed by atoms with van der Waals surface area (Å²) >= 11 is 5.44. The number of carbonyl (C=O) groups is 1. The molecule has 2 fully saturated rings. The largest absolute Gasteiger partial charge is 0.461 e. The Morgan fingerprint density at radius 3 is 3.10 bits per heavy atom. The number of rotatable bonds is 2. The number of carbonyl (C=O) groups excluding carboxylic acids is 1. The van der Waals surface area contributed by atoms with E-state index >= 15 is 0 Å². The summed E-state index contributed by atoms with van der Waals surface area (Å²) in [4.78, 5) is 11.9. The molecular weight excluding hydrogens is 294 g/mol. The lowest BCUT2D eigenvalue weighted by Gasteiger charge is -2.26. The minimum Gasteiger partial charge on any atom is -0.461 e. The van der Waals surface area contributed by atoms with E-state index < -0.39 is 6.29 Å². The third kappa shape index (κ3) is 1.90. The lowest BCUT2D eigenvalue weighted by Crippen LogP contribution is -2.37. The van der Waals surface area contributed by atoms with E-state index in [4.69, 9.17) is 26.1 Å². The molecule has 0 spiro atoms. The predicted octanol–water partition coefficient (Wildman–Crippen LogP) is 1.47. The second kappa shape index (κ2) is 4.62. The molecule has 2 aromatic heterocycles. The minimum atomic E-state index is -0.714. The quantitative estimate of drug-likeness (QED) is 0.782. The van der Waals surface area contributed by atoms with Crippen LogP contribution in [0.15, 0.2) is 22.8 Å². The minimum absolute atomic E-state index is 0.0687. The van der Waals surface area contributed by atoms with Crippen molar-refractivity contribution in [3.63, 3.8) is 0 Å². The first-order valence-corrected chi connectivity index (χ1v) is 7.05. The maximum absolute atomic E-state index is 11.9. The van der Waals surface area contributed by atoms with Crippen molar-refractivity contribution < 1.29 is 18.7 Å². The average molecular weight is 307 g/mol. The monoisotopic (exact) mass is 307 g/mol. The van der Waals surface area contributed by atoms with Crippen LogP contribution in [0.3, 0.4) is 0 Å². The van der Waals surface area contributed by atoms with Crippen LogP contribution in [0.4, 0.5) is 0 Å². The highest BCUT2D eigenvalue weighted by molar-refractivity contribution is 7.71. The van der Waals surface area contributed by atoms with Crippen LogP contribution in [0.2, 0.25) is 0 Å². The SMILES string of the molecule is Cn1c(-c2ccco2)nn([C@H]2CC(=O)[C@H]3OC[C@H]2O3)c1=S. The molecule has 4 rings (SSSR count). The highest BCUT2D eigenvalue weighted by Crippen LogP contribution is 2.33. The molecule has 2 aromatic rings. The fraction of sp³-hybridized carbons (Fsp3) is 0.462. The number of nitrogens with zero attached hydrogens (tertiary/aromatic N) is 3. The molecule has 2 aliphatic heterocycles. The van der Waals surface area contributed by atoms with E-state index in [9.17, 15) is 4.79 Å². The Morgan fingerprint density at radius 1 is 1.48 bits per heavy atom. The Kier molecular flexibility index (Phi) is 2.84. The molecule has 0 amide bonds. The van der Waals surface area contributed by atoms with E-state index in [1.807, 2.05) is 13.1 Å². The number of furan rings is 1. The van der Waals surface area contributed by atoms with Gasteiger partial charge in [0.05, 0.1) is 18.9 Å². The topological polar surface area (TPSA) is 71.4 Å². The fourth-order valence-corrected chi connectivity index (χ4v) is 3.02. The van der Waals surface area contributed by atoms with Gasteiger partial charge in [0.1, 0.15) is 6.10 Å². The number of ketones is 1. The number of hydrogen-bond donors (Lipinski definition) is 0. The number of ether oxygens (including phenoxy) is 2. The van der Waals surface area contributed by atoms with Gasteiger partial charge in [-0.25, -0.2) is 4.68 Å². The van der Waals surface area contributed by atoms with Crippen LogP contribution in [-0.4, -0.2) is 39.1 Å². The van der Waals surface area contributed by atoms with Gasteiger partial charge >= 0.3 is 0 Å². The molecule has 4 heterocycles. The normalized spacial score (nSPS) is 28.2. The summed E-state index contributed by atoms with van der Waals surface area (Å²) < 4.78 is 20.2. The highest BCUT2D eigenvalue weighted by atomic mass is 32.1. The molecule has 2 saturated heterocycles. The summed E-state index contributed by atoms with van der Waals surface area (Å²) in [5.74, 6) is 1.19. The van der Waals surface area contributed by atoms with E-state index in [1.165, 1.54) is 0 Å². The summed E-state index contributed by atoms with van der Waals surface area (Å²) in [5, 5.41) is 4.52. The lowest BCUT2D eigenvalue weighted by molar-refractivity contribution is -0.156.